The summed E-state index contributed by atoms with van der Waals surface area (Å²) in [4.78, 5) is 14.6. The van der Waals surface area contributed by atoms with Gasteiger partial charge >= 0.3 is 0 Å². The van der Waals surface area contributed by atoms with E-state index in [1.54, 1.807) is 0 Å². The zero-order valence-corrected chi connectivity index (χ0v) is 12.4. The standard InChI is InChI=1S/C14H27N3O2/c1-11(2)10-17(9-6-12(15)16-19)13(18)14(3)7-4-5-8-14/h11,19H,4-10H2,1-3H3,(H2,15,16). The van der Waals surface area contributed by atoms with Gasteiger partial charge in [-0.2, -0.15) is 0 Å². The number of carbonyl (C=O) groups excluding carboxylic acids is 1. The molecular formula is C14H27N3O2. The largest absolute Gasteiger partial charge is 0.409 e. The number of hydrogen-bond donors (Lipinski definition) is 2. The first-order valence-electron chi connectivity index (χ1n) is 7.15. The van der Waals surface area contributed by atoms with Gasteiger partial charge in [-0.3, -0.25) is 4.79 Å². The van der Waals surface area contributed by atoms with Crippen molar-refractivity contribution in [3.63, 3.8) is 0 Å². The van der Waals surface area contributed by atoms with E-state index in [-0.39, 0.29) is 17.2 Å². The third-order valence-corrected chi connectivity index (χ3v) is 3.86. The van der Waals surface area contributed by atoms with Crippen LogP contribution in [-0.2, 0) is 4.79 Å². The van der Waals surface area contributed by atoms with Crippen molar-refractivity contribution in [1.82, 2.24) is 4.90 Å². The normalized spacial score (nSPS) is 18.8. The number of rotatable bonds is 6. The molecule has 5 heteroatoms. The van der Waals surface area contributed by atoms with Gasteiger partial charge in [0, 0.05) is 24.9 Å². The molecule has 1 aliphatic carbocycles. The maximum atomic E-state index is 12.7. The fourth-order valence-electron chi connectivity index (χ4n) is 2.77. The molecule has 0 aliphatic heterocycles. The van der Waals surface area contributed by atoms with Gasteiger partial charge in [0.25, 0.3) is 0 Å². The average molecular weight is 269 g/mol. The number of carbonyl (C=O) groups is 1. The lowest BCUT2D eigenvalue weighted by molar-refractivity contribution is -0.141. The van der Waals surface area contributed by atoms with Crippen molar-refractivity contribution in [3.05, 3.63) is 0 Å². The lowest BCUT2D eigenvalue weighted by Gasteiger charge is -2.32. The predicted molar refractivity (Wildman–Crippen MR) is 76.0 cm³/mol. The highest BCUT2D eigenvalue weighted by Crippen LogP contribution is 2.39. The van der Waals surface area contributed by atoms with Crippen LogP contribution in [0.3, 0.4) is 0 Å². The highest BCUT2D eigenvalue weighted by molar-refractivity contribution is 5.84. The summed E-state index contributed by atoms with van der Waals surface area (Å²) >= 11 is 0. The molecule has 5 nitrogen and oxygen atoms in total. The van der Waals surface area contributed by atoms with E-state index in [9.17, 15) is 4.79 Å². The molecular weight excluding hydrogens is 242 g/mol. The highest BCUT2D eigenvalue weighted by Gasteiger charge is 2.39. The second-order valence-electron chi connectivity index (χ2n) is 6.25. The summed E-state index contributed by atoms with van der Waals surface area (Å²) in [6.07, 6.45) is 4.65. The van der Waals surface area contributed by atoms with Gasteiger partial charge in [0.05, 0.1) is 0 Å². The van der Waals surface area contributed by atoms with Crippen LogP contribution in [0.2, 0.25) is 0 Å². The summed E-state index contributed by atoms with van der Waals surface area (Å²) in [5, 5.41) is 11.6. The Kier molecular flexibility index (Phi) is 5.63. The molecule has 0 unspecified atom stereocenters. The van der Waals surface area contributed by atoms with E-state index in [0.717, 1.165) is 32.2 Å². The Labute approximate surface area is 115 Å². The van der Waals surface area contributed by atoms with Crippen molar-refractivity contribution in [2.45, 2.75) is 52.9 Å². The molecule has 1 fully saturated rings. The zero-order chi connectivity index (χ0) is 14.5. The molecule has 0 aromatic heterocycles. The van der Waals surface area contributed by atoms with E-state index in [4.69, 9.17) is 10.9 Å². The molecule has 19 heavy (non-hydrogen) atoms. The molecule has 1 amide bonds. The third kappa shape index (κ3) is 4.40. The lowest BCUT2D eigenvalue weighted by Crippen LogP contribution is -2.44. The van der Waals surface area contributed by atoms with Crippen LogP contribution >= 0.6 is 0 Å². The van der Waals surface area contributed by atoms with Crippen molar-refractivity contribution < 1.29 is 10.0 Å². The van der Waals surface area contributed by atoms with Gasteiger partial charge in [-0.05, 0) is 18.8 Å². The maximum absolute atomic E-state index is 12.7. The number of amidine groups is 1. The molecule has 1 aliphatic rings. The third-order valence-electron chi connectivity index (χ3n) is 3.86. The smallest absolute Gasteiger partial charge is 0.228 e. The van der Waals surface area contributed by atoms with E-state index < -0.39 is 0 Å². The van der Waals surface area contributed by atoms with Gasteiger partial charge in [0.15, 0.2) is 0 Å². The molecule has 0 radical (unpaired) electrons. The first-order valence-corrected chi connectivity index (χ1v) is 7.15. The number of nitrogens with two attached hydrogens (primary N) is 1. The first-order chi connectivity index (χ1) is 8.89. The Morgan fingerprint density at radius 1 is 1.42 bits per heavy atom. The quantitative estimate of drug-likeness (QED) is 0.336. The second kappa shape index (κ2) is 6.78. The van der Waals surface area contributed by atoms with E-state index >= 15 is 0 Å². The van der Waals surface area contributed by atoms with Gasteiger partial charge < -0.3 is 15.8 Å². The van der Waals surface area contributed by atoms with Crippen LogP contribution in [0.5, 0.6) is 0 Å². The molecule has 0 spiro atoms. The minimum Gasteiger partial charge on any atom is -0.409 e. The van der Waals surface area contributed by atoms with Crippen LogP contribution < -0.4 is 5.73 Å². The van der Waals surface area contributed by atoms with Gasteiger partial charge in [-0.1, -0.05) is 38.8 Å². The number of oxime groups is 1. The fraction of sp³-hybridized carbons (Fsp3) is 0.857. The van der Waals surface area contributed by atoms with Crippen molar-refractivity contribution >= 4 is 11.7 Å². The molecule has 0 saturated heterocycles. The Balaban J connectivity index is 2.69. The summed E-state index contributed by atoms with van der Waals surface area (Å²) in [6.45, 7) is 7.52. The van der Waals surface area contributed by atoms with Crippen LogP contribution in [0.1, 0.15) is 52.9 Å². The molecule has 0 aromatic carbocycles. The van der Waals surface area contributed by atoms with E-state index in [1.165, 1.54) is 0 Å². The number of nitrogens with zero attached hydrogens (tertiary/aromatic N) is 2. The van der Waals surface area contributed by atoms with Crippen LogP contribution in [0.4, 0.5) is 0 Å². The molecule has 0 heterocycles. The van der Waals surface area contributed by atoms with Gasteiger partial charge in [-0.15, -0.1) is 0 Å². The molecule has 0 aromatic rings. The van der Waals surface area contributed by atoms with E-state index in [0.29, 0.717) is 18.9 Å². The van der Waals surface area contributed by atoms with Crippen LogP contribution in [0.15, 0.2) is 5.16 Å². The Hall–Kier alpha value is -1.26. The molecule has 1 saturated carbocycles. The highest BCUT2D eigenvalue weighted by atomic mass is 16.4. The Morgan fingerprint density at radius 3 is 2.47 bits per heavy atom. The number of amides is 1. The Bertz CT molecular complexity index is 334. The van der Waals surface area contributed by atoms with Crippen molar-refractivity contribution in [1.29, 1.82) is 0 Å². The summed E-state index contributed by atoms with van der Waals surface area (Å²) in [6, 6.07) is 0. The maximum Gasteiger partial charge on any atom is 0.228 e. The van der Waals surface area contributed by atoms with Crippen LogP contribution in [0, 0.1) is 11.3 Å². The summed E-state index contributed by atoms with van der Waals surface area (Å²) in [7, 11) is 0. The minimum absolute atomic E-state index is 0.179. The second-order valence-corrected chi connectivity index (χ2v) is 6.25. The molecule has 110 valence electrons. The van der Waals surface area contributed by atoms with Gasteiger partial charge in [0.2, 0.25) is 5.91 Å². The monoisotopic (exact) mass is 269 g/mol. The van der Waals surface area contributed by atoms with Crippen molar-refractivity contribution in [2.24, 2.45) is 22.2 Å². The topological polar surface area (TPSA) is 78.9 Å². The van der Waals surface area contributed by atoms with E-state index in [2.05, 4.69) is 25.9 Å². The molecule has 1 rings (SSSR count). The fourth-order valence-corrected chi connectivity index (χ4v) is 2.77. The molecule has 0 atom stereocenters. The summed E-state index contributed by atoms with van der Waals surface area (Å²) in [5.41, 5.74) is 5.29. The Morgan fingerprint density at radius 2 is 2.00 bits per heavy atom. The van der Waals surface area contributed by atoms with Crippen LogP contribution in [-0.4, -0.2) is 34.9 Å². The van der Waals surface area contributed by atoms with Gasteiger partial charge in [-0.25, -0.2) is 0 Å². The van der Waals surface area contributed by atoms with Crippen molar-refractivity contribution in [2.75, 3.05) is 13.1 Å². The van der Waals surface area contributed by atoms with Crippen molar-refractivity contribution in [3.8, 4) is 0 Å². The first kappa shape index (κ1) is 15.8. The minimum atomic E-state index is -0.208. The molecule has 3 N–H and O–H groups in total. The SMILES string of the molecule is CC(C)CN(CCC(N)=NO)C(=O)C1(C)CCCC1. The van der Waals surface area contributed by atoms with Gasteiger partial charge in [0.1, 0.15) is 5.84 Å². The lowest BCUT2D eigenvalue weighted by atomic mass is 9.87. The summed E-state index contributed by atoms with van der Waals surface area (Å²) in [5.74, 6) is 0.823. The van der Waals surface area contributed by atoms with E-state index in [1.807, 2.05) is 4.90 Å². The zero-order valence-electron chi connectivity index (χ0n) is 12.4. The van der Waals surface area contributed by atoms with Crippen LogP contribution in [0.25, 0.3) is 0 Å². The number of hydrogen-bond acceptors (Lipinski definition) is 3. The molecule has 0 bridgehead atoms. The summed E-state index contributed by atoms with van der Waals surface area (Å²) < 4.78 is 0. The average Bonchev–Trinajstić information content (AvgIpc) is 2.80. The predicted octanol–water partition coefficient (Wildman–Crippen LogP) is 2.19.